The molecule has 0 amide bonds. The topological polar surface area (TPSA) is 145 Å². The van der Waals surface area contributed by atoms with E-state index in [0.29, 0.717) is 0 Å². The van der Waals surface area contributed by atoms with Crippen LogP contribution in [0.2, 0.25) is 0 Å². The van der Waals surface area contributed by atoms with Crippen LogP contribution in [0.15, 0.2) is 0 Å². The van der Waals surface area contributed by atoms with Gasteiger partial charge in [0.05, 0.1) is 6.42 Å². The van der Waals surface area contributed by atoms with Crippen molar-refractivity contribution >= 4 is 11.8 Å². The van der Waals surface area contributed by atoms with Gasteiger partial charge in [0.25, 0.3) is 0 Å². The van der Waals surface area contributed by atoms with Crippen molar-refractivity contribution in [2.45, 2.75) is 49.0 Å². The number of hydrogen-bond acceptors (Lipinski definition) is 8. The van der Waals surface area contributed by atoms with Gasteiger partial charge in [0, 0.05) is 6.42 Å². The fourth-order valence-corrected chi connectivity index (χ4v) is 2.42. The summed E-state index contributed by atoms with van der Waals surface area (Å²) in [5, 5.41) is 48.1. The van der Waals surface area contributed by atoms with Crippen molar-refractivity contribution < 1.29 is 39.9 Å². The lowest BCUT2D eigenvalue weighted by Crippen LogP contribution is -2.75. The van der Waals surface area contributed by atoms with Crippen molar-refractivity contribution in [3.63, 3.8) is 0 Å². The number of carbonyl (C=O) groups excluding carboxylic acids is 2. The van der Waals surface area contributed by atoms with Gasteiger partial charge in [-0.05, 0) is 0 Å². The number of esters is 1. The first-order chi connectivity index (χ1) is 8.32. The number of aliphatic hydroxyl groups is 5. The molecule has 1 spiro atoms. The Morgan fingerprint density at radius 3 is 1.89 bits per heavy atom. The Morgan fingerprint density at radius 1 is 0.889 bits per heavy atom. The number of aliphatic hydroxyl groups excluding tert-OH is 5. The molecule has 18 heavy (non-hydrogen) atoms. The quantitative estimate of drug-likeness (QED) is 0.282. The van der Waals surface area contributed by atoms with Crippen molar-refractivity contribution in [3.05, 3.63) is 0 Å². The average molecular weight is 262 g/mol. The molecule has 0 radical (unpaired) electrons. The molecule has 0 aromatic rings. The minimum absolute atomic E-state index is 0.200. The number of ether oxygens (including phenoxy) is 1. The van der Waals surface area contributed by atoms with Crippen LogP contribution in [0.4, 0.5) is 0 Å². The van der Waals surface area contributed by atoms with Gasteiger partial charge >= 0.3 is 5.97 Å². The number of carbonyl (C=O) groups is 2. The maximum atomic E-state index is 11.8. The third kappa shape index (κ3) is 1.57. The molecule has 2 aliphatic rings. The summed E-state index contributed by atoms with van der Waals surface area (Å²) >= 11 is 0. The third-order valence-electron chi connectivity index (χ3n) is 3.50. The SMILES string of the molecule is O=C1CCC(=O)[C@@]2(O1)[C@@H](O)[C@H](O)[C@@H](O)[C@H](O)[C@@H]2O. The van der Waals surface area contributed by atoms with Gasteiger partial charge in [0.2, 0.25) is 5.60 Å². The van der Waals surface area contributed by atoms with Crippen LogP contribution in [0.5, 0.6) is 0 Å². The van der Waals surface area contributed by atoms with Crippen molar-refractivity contribution in [2.24, 2.45) is 0 Å². The molecule has 2 fully saturated rings. The van der Waals surface area contributed by atoms with Crippen molar-refractivity contribution in [2.75, 3.05) is 0 Å². The summed E-state index contributed by atoms with van der Waals surface area (Å²) in [5.41, 5.74) is -2.41. The number of Topliss-reactive ketones (excluding diaryl/α,β-unsaturated/α-hetero) is 1. The molecule has 0 bridgehead atoms. The van der Waals surface area contributed by atoms with Gasteiger partial charge in [-0.15, -0.1) is 0 Å². The fourth-order valence-electron chi connectivity index (χ4n) is 2.42. The summed E-state index contributed by atoms with van der Waals surface area (Å²) in [6.45, 7) is 0. The first-order valence-electron chi connectivity index (χ1n) is 5.48. The van der Waals surface area contributed by atoms with Gasteiger partial charge in [-0.1, -0.05) is 0 Å². The molecule has 1 aliphatic carbocycles. The van der Waals surface area contributed by atoms with Crippen molar-refractivity contribution in [1.82, 2.24) is 0 Å². The summed E-state index contributed by atoms with van der Waals surface area (Å²) in [5.74, 6) is -1.63. The highest BCUT2D eigenvalue weighted by molar-refractivity contribution is 5.96. The van der Waals surface area contributed by atoms with Gasteiger partial charge < -0.3 is 30.3 Å². The number of ketones is 1. The van der Waals surface area contributed by atoms with E-state index in [-0.39, 0.29) is 12.8 Å². The second kappa shape index (κ2) is 4.25. The summed E-state index contributed by atoms with van der Waals surface area (Å²) in [6, 6.07) is 0. The predicted molar refractivity (Wildman–Crippen MR) is 53.1 cm³/mol. The molecule has 0 unspecified atom stereocenters. The Morgan fingerprint density at radius 2 is 1.39 bits per heavy atom. The normalized spacial score (nSPS) is 49.3. The summed E-state index contributed by atoms with van der Waals surface area (Å²) < 4.78 is 4.72. The highest BCUT2D eigenvalue weighted by atomic mass is 16.6. The molecule has 1 saturated carbocycles. The molecule has 102 valence electrons. The fraction of sp³-hybridized carbons (Fsp3) is 0.800. The highest BCUT2D eigenvalue weighted by Crippen LogP contribution is 2.37. The average Bonchev–Trinajstić information content (AvgIpc) is 2.35. The second-order valence-electron chi connectivity index (χ2n) is 4.55. The maximum Gasteiger partial charge on any atom is 0.307 e. The highest BCUT2D eigenvalue weighted by Gasteiger charge is 2.65. The summed E-state index contributed by atoms with van der Waals surface area (Å²) in [7, 11) is 0. The second-order valence-corrected chi connectivity index (χ2v) is 4.55. The molecule has 8 heteroatoms. The molecule has 1 aliphatic heterocycles. The lowest BCUT2D eigenvalue weighted by Gasteiger charge is -2.49. The van der Waals surface area contributed by atoms with Crippen LogP contribution < -0.4 is 0 Å². The summed E-state index contributed by atoms with van der Waals surface area (Å²) in [6.07, 6.45) is -10.1. The predicted octanol–water partition coefficient (Wildman–Crippen LogP) is -3.55. The van der Waals surface area contributed by atoms with E-state index in [4.69, 9.17) is 4.74 Å². The van der Waals surface area contributed by atoms with Gasteiger partial charge in [-0.2, -0.15) is 0 Å². The van der Waals surface area contributed by atoms with E-state index in [9.17, 15) is 35.1 Å². The lowest BCUT2D eigenvalue weighted by molar-refractivity contribution is -0.270. The van der Waals surface area contributed by atoms with Crippen molar-refractivity contribution in [3.8, 4) is 0 Å². The molecule has 2 rings (SSSR count). The van der Waals surface area contributed by atoms with Gasteiger partial charge in [-0.25, -0.2) is 0 Å². The molecule has 1 saturated heterocycles. The molecule has 5 N–H and O–H groups in total. The van der Waals surface area contributed by atoms with E-state index in [0.717, 1.165) is 0 Å². The van der Waals surface area contributed by atoms with Gasteiger partial charge in [-0.3, -0.25) is 9.59 Å². The van der Waals surface area contributed by atoms with Crippen LogP contribution in [0.3, 0.4) is 0 Å². The monoisotopic (exact) mass is 262 g/mol. The minimum atomic E-state index is -2.41. The standard InChI is InChI=1S/C10H14O8/c11-3-1-2-4(12)18-10(3)8(16)6(14)5(13)7(15)9(10)17/h5-9,13-17H,1-2H2/t5-,6-,7+,8-,9-,10-/m0/s1. The van der Waals surface area contributed by atoms with E-state index < -0.39 is 47.9 Å². The summed E-state index contributed by atoms with van der Waals surface area (Å²) in [4.78, 5) is 23.1. The van der Waals surface area contributed by atoms with Gasteiger partial charge in [0.1, 0.15) is 30.5 Å². The lowest BCUT2D eigenvalue weighted by atomic mass is 9.70. The Balaban J connectivity index is 2.45. The van der Waals surface area contributed by atoms with Crippen molar-refractivity contribution in [1.29, 1.82) is 0 Å². The molecule has 1 heterocycles. The molecule has 0 aromatic heterocycles. The first kappa shape index (κ1) is 13.4. The zero-order valence-corrected chi connectivity index (χ0v) is 9.26. The molecule has 0 aromatic carbocycles. The Hall–Kier alpha value is -1.06. The zero-order valence-electron chi connectivity index (χ0n) is 9.26. The molecule has 8 nitrogen and oxygen atoms in total. The van der Waals surface area contributed by atoms with Crippen LogP contribution in [0.25, 0.3) is 0 Å². The Bertz CT molecular complexity index is 364. The number of hydrogen-bond donors (Lipinski definition) is 5. The van der Waals surface area contributed by atoms with Crippen LogP contribution in [0.1, 0.15) is 12.8 Å². The van der Waals surface area contributed by atoms with Crippen LogP contribution in [0, 0.1) is 0 Å². The Labute approximate surface area is 101 Å². The van der Waals surface area contributed by atoms with Crippen LogP contribution in [-0.2, 0) is 14.3 Å². The maximum absolute atomic E-state index is 11.8. The van der Waals surface area contributed by atoms with E-state index >= 15 is 0 Å². The first-order valence-corrected chi connectivity index (χ1v) is 5.48. The Kier molecular flexibility index (Phi) is 3.16. The van der Waals surface area contributed by atoms with E-state index in [1.54, 1.807) is 0 Å². The number of rotatable bonds is 0. The minimum Gasteiger partial charge on any atom is -0.445 e. The smallest absolute Gasteiger partial charge is 0.307 e. The van der Waals surface area contributed by atoms with E-state index in [1.807, 2.05) is 0 Å². The zero-order chi connectivity index (χ0) is 13.7. The molecular weight excluding hydrogens is 248 g/mol. The van der Waals surface area contributed by atoms with E-state index in [1.165, 1.54) is 0 Å². The third-order valence-corrected chi connectivity index (χ3v) is 3.50. The van der Waals surface area contributed by atoms with Crippen LogP contribution in [-0.4, -0.2) is 73.4 Å². The van der Waals surface area contributed by atoms with Gasteiger partial charge in [0.15, 0.2) is 5.78 Å². The molecular formula is C10H14O8. The van der Waals surface area contributed by atoms with E-state index in [2.05, 4.69) is 0 Å². The van der Waals surface area contributed by atoms with Crippen LogP contribution >= 0.6 is 0 Å². The molecule has 6 atom stereocenters. The largest absolute Gasteiger partial charge is 0.445 e.